The van der Waals surface area contributed by atoms with Gasteiger partial charge in [0.15, 0.2) is 0 Å². The highest BCUT2D eigenvalue weighted by molar-refractivity contribution is 6.42. The fourth-order valence-electron chi connectivity index (χ4n) is 1.76. The van der Waals surface area contributed by atoms with Crippen LogP contribution in [0.2, 0.25) is 10.0 Å². The van der Waals surface area contributed by atoms with Gasteiger partial charge in [-0.2, -0.15) is 13.2 Å². The summed E-state index contributed by atoms with van der Waals surface area (Å²) in [5.74, 6) is -0.136. The maximum Gasteiger partial charge on any atom is 0.396 e. The SMILES string of the molecule is COCn1c(CC(F)(F)F)nc2cc(Cl)c(Cl)cc21. The van der Waals surface area contributed by atoms with E-state index < -0.39 is 12.6 Å². The van der Waals surface area contributed by atoms with Gasteiger partial charge in [0, 0.05) is 7.11 Å². The van der Waals surface area contributed by atoms with Gasteiger partial charge in [0.1, 0.15) is 19.0 Å². The minimum absolute atomic E-state index is 0.0418. The summed E-state index contributed by atoms with van der Waals surface area (Å²) in [6.45, 7) is -0.0418. The smallest absolute Gasteiger partial charge is 0.364 e. The highest BCUT2D eigenvalue weighted by atomic mass is 35.5. The van der Waals surface area contributed by atoms with Crippen LogP contribution in [0.15, 0.2) is 12.1 Å². The predicted molar refractivity (Wildman–Crippen MR) is 66.5 cm³/mol. The summed E-state index contributed by atoms with van der Waals surface area (Å²) in [7, 11) is 1.39. The number of methoxy groups -OCH3 is 1. The first-order chi connectivity index (χ1) is 8.81. The van der Waals surface area contributed by atoms with Crippen molar-refractivity contribution in [1.82, 2.24) is 9.55 Å². The topological polar surface area (TPSA) is 27.1 Å². The lowest BCUT2D eigenvalue weighted by Crippen LogP contribution is -2.16. The van der Waals surface area contributed by atoms with Gasteiger partial charge in [-0.1, -0.05) is 23.2 Å². The molecular formula is C11H9Cl2F3N2O. The summed E-state index contributed by atoms with van der Waals surface area (Å²) in [6.07, 6.45) is -5.49. The van der Waals surface area contributed by atoms with Gasteiger partial charge in [0.25, 0.3) is 0 Å². The Labute approximate surface area is 116 Å². The molecule has 19 heavy (non-hydrogen) atoms. The number of nitrogens with zero attached hydrogens (tertiary/aromatic N) is 2. The number of hydrogen-bond acceptors (Lipinski definition) is 2. The number of halogens is 5. The molecular weight excluding hydrogens is 304 g/mol. The van der Waals surface area contributed by atoms with Crippen LogP contribution in [0.5, 0.6) is 0 Å². The molecule has 1 aromatic heterocycles. The largest absolute Gasteiger partial charge is 0.396 e. The molecule has 0 unspecified atom stereocenters. The van der Waals surface area contributed by atoms with Gasteiger partial charge in [-0.05, 0) is 12.1 Å². The molecule has 0 saturated carbocycles. The van der Waals surface area contributed by atoms with E-state index in [4.69, 9.17) is 27.9 Å². The Balaban J connectivity index is 2.59. The van der Waals surface area contributed by atoms with Crippen molar-refractivity contribution in [2.75, 3.05) is 7.11 Å². The van der Waals surface area contributed by atoms with Crippen LogP contribution < -0.4 is 0 Å². The molecule has 0 saturated heterocycles. The van der Waals surface area contributed by atoms with E-state index in [0.717, 1.165) is 0 Å². The van der Waals surface area contributed by atoms with Crippen LogP contribution in [0.25, 0.3) is 11.0 Å². The van der Waals surface area contributed by atoms with Crippen molar-refractivity contribution in [3.63, 3.8) is 0 Å². The Morgan fingerprint density at radius 3 is 2.47 bits per heavy atom. The van der Waals surface area contributed by atoms with E-state index in [-0.39, 0.29) is 22.6 Å². The van der Waals surface area contributed by atoms with Gasteiger partial charge in [0.2, 0.25) is 0 Å². The number of hydrogen-bond donors (Lipinski definition) is 0. The van der Waals surface area contributed by atoms with E-state index in [1.54, 1.807) is 0 Å². The molecule has 0 spiro atoms. The lowest BCUT2D eigenvalue weighted by atomic mass is 10.3. The van der Waals surface area contributed by atoms with Gasteiger partial charge < -0.3 is 9.30 Å². The van der Waals surface area contributed by atoms with Crippen LogP contribution in [-0.4, -0.2) is 22.8 Å². The molecule has 8 heteroatoms. The van der Waals surface area contributed by atoms with E-state index in [9.17, 15) is 13.2 Å². The zero-order chi connectivity index (χ0) is 14.2. The molecule has 1 heterocycles. The third-order valence-electron chi connectivity index (χ3n) is 2.49. The number of ether oxygens (including phenoxy) is 1. The standard InChI is InChI=1S/C11H9Cl2F3N2O/c1-19-5-18-9-3-7(13)6(12)2-8(9)17-10(18)4-11(14,15)16/h2-3H,4-5H2,1H3. The average molecular weight is 313 g/mol. The molecule has 1 aromatic carbocycles. The number of imidazole rings is 1. The van der Waals surface area contributed by atoms with Crippen molar-refractivity contribution in [2.45, 2.75) is 19.3 Å². The van der Waals surface area contributed by atoms with Gasteiger partial charge in [-0.3, -0.25) is 0 Å². The highest BCUT2D eigenvalue weighted by Gasteiger charge is 2.31. The maximum absolute atomic E-state index is 12.5. The quantitative estimate of drug-likeness (QED) is 0.855. The first kappa shape index (κ1) is 14.4. The van der Waals surface area contributed by atoms with E-state index in [1.165, 1.54) is 23.8 Å². The Morgan fingerprint density at radius 2 is 1.89 bits per heavy atom. The Morgan fingerprint density at radius 1 is 1.26 bits per heavy atom. The van der Waals surface area contributed by atoms with E-state index in [2.05, 4.69) is 4.98 Å². The van der Waals surface area contributed by atoms with E-state index >= 15 is 0 Å². The van der Waals surface area contributed by atoms with Crippen molar-refractivity contribution >= 4 is 34.2 Å². The average Bonchev–Trinajstić information content (AvgIpc) is 2.56. The monoisotopic (exact) mass is 312 g/mol. The summed E-state index contributed by atoms with van der Waals surface area (Å²) in [6, 6.07) is 2.91. The molecule has 104 valence electrons. The van der Waals surface area contributed by atoms with Crippen LogP contribution in [-0.2, 0) is 17.9 Å². The molecule has 0 atom stereocenters. The van der Waals surface area contributed by atoms with Gasteiger partial charge >= 0.3 is 6.18 Å². The first-order valence-electron chi connectivity index (χ1n) is 5.21. The molecule has 0 aliphatic heterocycles. The summed E-state index contributed by atoms with van der Waals surface area (Å²) in [4.78, 5) is 3.94. The van der Waals surface area contributed by atoms with Crippen molar-refractivity contribution < 1.29 is 17.9 Å². The van der Waals surface area contributed by atoms with Crippen molar-refractivity contribution in [1.29, 1.82) is 0 Å². The number of fused-ring (bicyclic) bond motifs is 1. The molecule has 3 nitrogen and oxygen atoms in total. The minimum atomic E-state index is -4.35. The Bertz CT molecular complexity index is 610. The molecule has 0 aliphatic rings. The molecule has 2 rings (SSSR count). The van der Waals surface area contributed by atoms with E-state index in [0.29, 0.717) is 11.0 Å². The van der Waals surface area contributed by atoms with Crippen molar-refractivity contribution in [3.05, 3.63) is 28.0 Å². The lowest BCUT2D eigenvalue weighted by Gasteiger charge is -2.09. The first-order valence-corrected chi connectivity index (χ1v) is 5.97. The summed E-state index contributed by atoms with van der Waals surface area (Å²) in [5, 5.41) is 0.500. The minimum Gasteiger partial charge on any atom is -0.364 e. The van der Waals surface area contributed by atoms with Gasteiger partial charge in [0.05, 0.1) is 21.1 Å². The number of alkyl halides is 3. The molecule has 0 aliphatic carbocycles. The van der Waals surface area contributed by atoms with Crippen LogP contribution >= 0.6 is 23.2 Å². The maximum atomic E-state index is 12.5. The third kappa shape index (κ3) is 3.13. The van der Waals surface area contributed by atoms with Crippen molar-refractivity contribution in [3.8, 4) is 0 Å². The molecule has 0 radical (unpaired) electrons. The second kappa shape index (κ2) is 5.19. The van der Waals surface area contributed by atoms with Gasteiger partial charge in [-0.25, -0.2) is 4.98 Å². The van der Waals surface area contributed by atoms with Crippen LogP contribution in [0, 0.1) is 0 Å². The van der Waals surface area contributed by atoms with E-state index in [1.807, 2.05) is 0 Å². The van der Waals surface area contributed by atoms with Gasteiger partial charge in [-0.15, -0.1) is 0 Å². The third-order valence-corrected chi connectivity index (χ3v) is 3.21. The normalized spacial score (nSPS) is 12.3. The number of aromatic nitrogens is 2. The molecule has 0 N–H and O–H groups in total. The molecule has 0 bridgehead atoms. The summed E-state index contributed by atoms with van der Waals surface area (Å²) >= 11 is 11.7. The predicted octanol–water partition coefficient (Wildman–Crippen LogP) is 4.05. The fourth-order valence-corrected chi connectivity index (χ4v) is 2.07. The molecule has 2 aromatic rings. The molecule has 0 fully saturated rings. The number of rotatable bonds is 3. The fraction of sp³-hybridized carbons (Fsp3) is 0.364. The number of benzene rings is 1. The summed E-state index contributed by atoms with van der Waals surface area (Å²) in [5.41, 5.74) is 0.807. The second-order valence-electron chi connectivity index (χ2n) is 3.92. The zero-order valence-electron chi connectivity index (χ0n) is 9.76. The van der Waals surface area contributed by atoms with Crippen LogP contribution in [0.4, 0.5) is 13.2 Å². The lowest BCUT2D eigenvalue weighted by molar-refractivity contribution is -0.129. The van der Waals surface area contributed by atoms with Crippen LogP contribution in [0.1, 0.15) is 5.82 Å². The Kier molecular flexibility index (Phi) is 3.94. The highest BCUT2D eigenvalue weighted by Crippen LogP contribution is 2.30. The van der Waals surface area contributed by atoms with Crippen LogP contribution in [0.3, 0.4) is 0 Å². The van der Waals surface area contributed by atoms with Crippen molar-refractivity contribution in [2.24, 2.45) is 0 Å². The summed E-state index contributed by atoms with van der Waals surface area (Å²) < 4.78 is 43.7. The Hall–Kier alpha value is -0.980. The molecule has 0 amide bonds. The zero-order valence-corrected chi connectivity index (χ0v) is 11.3. The second-order valence-corrected chi connectivity index (χ2v) is 4.74.